The first-order valence-corrected chi connectivity index (χ1v) is 12.0. The van der Waals surface area contributed by atoms with Gasteiger partial charge in [0, 0.05) is 22.3 Å². The number of benzene rings is 3. The lowest BCUT2D eigenvalue weighted by molar-refractivity contribution is -0.132. The first-order valence-electron chi connectivity index (χ1n) is 11.2. The first kappa shape index (κ1) is 24.8. The van der Waals surface area contributed by atoms with Crippen LogP contribution in [0.4, 0.5) is 5.69 Å². The molecule has 1 N–H and O–H groups in total. The van der Waals surface area contributed by atoms with Crippen molar-refractivity contribution in [1.29, 1.82) is 0 Å². The summed E-state index contributed by atoms with van der Waals surface area (Å²) in [5, 5.41) is 11.9. The van der Waals surface area contributed by atoms with Gasteiger partial charge in [0.1, 0.15) is 30.5 Å². The van der Waals surface area contributed by atoms with E-state index in [9.17, 15) is 14.7 Å². The fourth-order valence-corrected chi connectivity index (χ4v) is 5.13. The van der Waals surface area contributed by atoms with Crippen molar-refractivity contribution in [3.05, 3.63) is 81.3 Å². The number of amides is 1. The third-order valence-electron chi connectivity index (χ3n) is 6.15. The Hall–Kier alpha value is -3.88. The lowest BCUT2D eigenvalue weighted by Crippen LogP contribution is -2.30. The van der Waals surface area contributed by atoms with Crippen LogP contribution in [0.1, 0.15) is 17.2 Å². The van der Waals surface area contributed by atoms with Crippen molar-refractivity contribution in [2.45, 2.75) is 6.04 Å². The minimum absolute atomic E-state index is 0.0695. The molecule has 0 saturated carbocycles. The number of aliphatic hydroxyl groups is 1. The summed E-state index contributed by atoms with van der Waals surface area (Å²) in [4.78, 5) is 28.4. The summed E-state index contributed by atoms with van der Waals surface area (Å²) < 4.78 is 22.2. The third-order valence-corrected chi connectivity index (χ3v) is 6.65. The number of carbonyl (C=O) groups is 2. The highest BCUT2D eigenvalue weighted by atomic mass is 35.5. The number of carbonyl (C=O) groups excluding carboxylic acids is 2. The van der Waals surface area contributed by atoms with Crippen LogP contribution in [0, 0.1) is 0 Å². The molecule has 8 nitrogen and oxygen atoms in total. The zero-order valence-corrected chi connectivity index (χ0v) is 21.3. The highest BCUT2D eigenvalue weighted by Gasteiger charge is 2.48. The summed E-state index contributed by atoms with van der Waals surface area (Å²) >= 11 is 12.5. The van der Waals surface area contributed by atoms with Gasteiger partial charge in [-0.1, -0.05) is 41.4 Å². The van der Waals surface area contributed by atoms with Crippen LogP contribution in [-0.4, -0.2) is 44.2 Å². The number of rotatable bonds is 5. The van der Waals surface area contributed by atoms with Crippen LogP contribution in [0.15, 0.2) is 60.2 Å². The molecule has 2 aliphatic heterocycles. The zero-order valence-electron chi connectivity index (χ0n) is 19.8. The molecule has 5 rings (SSSR count). The number of halogens is 2. The normalized spacial score (nSPS) is 18.2. The van der Waals surface area contributed by atoms with E-state index in [4.69, 9.17) is 42.1 Å². The maximum absolute atomic E-state index is 13.5. The molecule has 0 aromatic heterocycles. The van der Waals surface area contributed by atoms with Crippen molar-refractivity contribution >= 4 is 46.3 Å². The molecule has 0 bridgehead atoms. The lowest BCUT2D eigenvalue weighted by atomic mass is 9.94. The molecule has 0 spiro atoms. The minimum atomic E-state index is -1.05. The maximum Gasteiger partial charge on any atom is 0.300 e. The Morgan fingerprint density at radius 2 is 1.70 bits per heavy atom. The SMILES string of the molecule is COc1ccccc1C1/C(=C(\O)c2cc(Cl)cc(Cl)c2OC)C(=O)C(=O)N1c1ccc2c(c1)OCCO2. The van der Waals surface area contributed by atoms with Crippen LogP contribution in [-0.2, 0) is 9.59 Å². The predicted molar refractivity (Wildman–Crippen MR) is 138 cm³/mol. The molecular weight excluding hydrogens is 521 g/mol. The molecule has 1 atom stereocenters. The van der Waals surface area contributed by atoms with Crippen molar-refractivity contribution < 1.29 is 33.6 Å². The summed E-state index contributed by atoms with van der Waals surface area (Å²) in [5.74, 6) is -0.753. The van der Waals surface area contributed by atoms with Gasteiger partial charge in [-0.25, -0.2) is 0 Å². The number of hydrogen-bond donors (Lipinski definition) is 1. The van der Waals surface area contributed by atoms with Gasteiger partial charge in [0.15, 0.2) is 11.5 Å². The molecule has 3 aromatic carbocycles. The van der Waals surface area contributed by atoms with E-state index in [0.717, 1.165) is 0 Å². The standard InChI is InChI=1S/C27H21Cl2NO7/c1-34-19-6-4-3-5-16(19)23-22(24(31)17-11-14(28)12-18(29)26(17)35-2)25(32)27(33)30(23)15-7-8-20-21(13-15)37-10-9-36-20/h3-8,11-13,23,31H,9-10H2,1-2H3/b24-22+. The van der Waals surface area contributed by atoms with E-state index in [1.54, 1.807) is 42.5 Å². The molecule has 2 aliphatic rings. The molecule has 0 aliphatic carbocycles. The van der Waals surface area contributed by atoms with Crippen LogP contribution in [0.2, 0.25) is 10.0 Å². The Balaban J connectivity index is 1.77. The topological polar surface area (TPSA) is 94.5 Å². The Bertz CT molecular complexity index is 1450. The summed E-state index contributed by atoms with van der Waals surface area (Å²) in [6.45, 7) is 0.753. The van der Waals surface area contributed by atoms with E-state index in [2.05, 4.69) is 0 Å². The number of Topliss-reactive ketones (excluding diaryl/α,β-unsaturated/α-hetero) is 1. The van der Waals surface area contributed by atoms with Gasteiger partial charge in [0.25, 0.3) is 11.7 Å². The molecule has 1 saturated heterocycles. The average Bonchev–Trinajstić information content (AvgIpc) is 3.17. The van der Waals surface area contributed by atoms with Crippen LogP contribution < -0.4 is 23.8 Å². The van der Waals surface area contributed by atoms with Gasteiger partial charge < -0.3 is 24.1 Å². The number of methoxy groups -OCH3 is 2. The Labute approximate surface area is 222 Å². The third kappa shape index (κ3) is 4.22. The fraction of sp³-hybridized carbons (Fsp3) is 0.185. The lowest BCUT2D eigenvalue weighted by Gasteiger charge is -2.28. The van der Waals surface area contributed by atoms with Crippen molar-refractivity contribution in [3.8, 4) is 23.0 Å². The second kappa shape index (κ2) is 9.88. The van der Waals surface area contributed by atoms with Gasteiger partial charge in [-0.15, -0.1) is 0 Å². The molecule has 1 unspecified atom stereocenters. The van der Waals surface area contributed by atoms with Gasteiger partial charge >= 0.3 is 0 Å². The Kier molecular flexibility index (Phi) is 6.62. The number of ether oxygens (including phenoxy) is 4. The second-order valence-corrected chi connectivity index (χ2v) is 9.05. The van der Waals surface area contributed by atoms with E-state index in [-0.39, 0.29) is 26.9 Å². The largest absolute Gasteiger partial charge is 0.507 e. The summed E-state index contributed by atoms with van der Waals surface area (Å²) in [6, 6.07) is 13.7. The smallest absolute Gasteiger partial charge is 0.300 e. The van der Waals surface area contributed by atoms with Crippen LogP contribution in [0.5, 0.6) is 23.0 Å². The molecule has 0 radical (unpaired) electrons. The fourth-order valence-electron chi connectivity index (χ4n) is 4.56. The Morgan fingerprint density at radius 3 is 2.43 bits per heavy atom. The van der Waals surface area contributed by atoms with Gasteiger partial charge in [0.2, 0.25) is 0 Å². The summed E-state index contributed by atoms with van der Waals surface area (Å²) in [7, 11) is 2.85. The van der Waals surface area contributed by atoms with Crippen LogP contribution >= 0.6 is 23.2 Å². The van der Waals surface area contributed by atoms with E-state index >= 15 is 0 Å². The van der Waals surface area contributed by atoms with E-state index < -0.39 is 23.5 Å². The molecular formula is C27H21Cl2NO7. The Morgan fingerprint density at radius 1 is 0.973 bits per heavy atom. The van der Waals surface area contributed by atoms with Gasteiger partial charge in [0.05, 0.1) is 36.4 Å². The molecule has 10 heteroatoms. The zero-order chi connectivity index (χ0) is 26.3. The average molecular weight is 542 g/mol. The second-order valence-electron chi connectivity index (χ2n) is 8.21. The number of fused-ring (bicyclic) bond motifs is 1. The van der Waals surface area contributed by atoms with Crippen molar-refractivity contribution in [3.63, 3.8) is 0 Å². The maximum atomic E-state index is 13.5. The van der Waals surface area contributed by atoms with Crippen LogP contribution in [0.3, 0.4) is 0 Å². The van der Waals surface area contributed by atoms with Gasteiger partial charge in [-0.2, -0.15) is 0 Å². The molecule has 190 valence electrons. The van der Waals surface area contributed by atoms with Gasteiger partial charge in [-0.3, -0.25) is 14.5 Å². The van der Waals surface area contributed by atoms with Crippen molar-refractivity contribution in [2.24, 2.45) is 0 Å². The van der Waals surface area contributed by atoms with Gasteiger partial charge in [-0.05, 0) is 30.3 Å². The van der Waals surface area contributed by atoms with E-state index in [0.29, 0.717) is 41.7 Å². The van der Waals surface area contributed by atoms with E-state index in [1.807, 2.05) is 0 Å². The number of aliphatic hydroxyl groups excluding tert-OH is 1. The molecule has 3 aromatic rings. The monoisotopic (exact) mass is 541 g/mol. The van der Waals surface area contributed by atoms with Crippen molar-refractivity contribution in [1.82, 2.24) is 0 Å². The number of anilines is 1. The molecule has 37 heavy (non-hydrogen) atoms. The quantitative estimate of drug-likeness (QED) is 0.262. The van der Waals surface area contributed by atoms with Crippen LogP contribution in [0.25, 0.3) is 5.76 Å². The summed E-state index contributed by atoms with van der Waals surface area (Å²) in [6.07, 6.45) is 0. The predicted octanol–water partition coefficient (Wildman–Crippen LogP) is 5.41. The number of nitrogens with zero attached hydrogens (tertiary/aromatic N) is 1. The highest BCUT2D eigenvalue weighted by Crippen LogP contribution is 2.48. The number of hydrogen-bond acceptors (Lipinski definition) is 7. The van der Waals surface area contributed by atoms with E-state index in [1.165, 1.54) is 31.3 Å². The first-order chi connectivity index (χ1) is 17.8. The minimum Gasteiger partial charge on any atom is -0.507 e. The molecule has 1 fully saturated rings. The number of para-hydroxylation sites is 1. The molecule has 2 heterocycles. The molecule has 1 amide bonds. The van der Waals surface area contributed by atoms with Crippen molar-refractivity contribution in [2.75, 3.05) is 32.3 Å². The highest BCUT2D eigenvalue weighted by molar-refractivity contribution is 6.52. The number of ketones is 1. The summed E-state index contributed by atoms with van der Waals surface area (Å²) in [5.41, 5.74) is 0.742.